The molecule has 1 heterocycles. The topological polar surface area (TPSA) is 106 Å². The smallest absolute Gasteiger partial charge is 0.211 e. The number of hydrogen-bond acceptors (Lipinski definition) is 3. The van der Waals surface area contributed by atoms with Crippen molar-refractivity contribution in [3.05, 3.63) is 71.9 Å². The van der Waals surface area contributed by atoms with Crippen LogP contribution in [0, 0.1) is 0 Å². The van der Waals surface area contributed by atoms with Crippen molar-refractivity contribution in [3.63, 3.8) is 0 Å². The summed E-state index contributed by atoms with van der Waals surface area (Å²) in [6.07, 6.45) is 3.59. The molecular formula is C19H21N6O+. The van der Waals surface area contributed by atoms with Crippen LogP contribution in [0.1, 0.15) is 11.1 Å². The minimum absolute atomic E-state index is 0.0834. The molecule has 3 rings (SSSR count). The van der Waals surface area contributed by atoms with E-state index in [4.69, 9.17) is 16.2 Å². The molecule has 0 unspecified atom stereocenters. The molecule has 0 saturated carbocycles. The third-order valence-corrected chi connectivity index (χ3v) is 3.78. The number of nitrogens with one attached hydrogen (secondary N) is 1. The third kappa shape index (κ3) is 4.27. The van der Waals surface area contributed by atoms with Crippen LogP contribution in [-0.4, -0.2) is 24.4 Å². The fourth-order valence-electron chi connectivity index (χ4n) is 2.58. The highest BCUT2D eigenvalue weighted by atomic mass is 16.5. The molecule has 1 aromatic heterocycles. The van der Waals surface area contributed by atoms with E-state index in [9.17, 15) is 0 Å². The zero-order valence-corrected chi connectivity index (χ0v) is 14.5. The number of rotatable bonds is 6. The van der Waals surface area contributed by atoms with Gasteiger partial charge in [-0.1, -0.05) is 30.3 Å². The molecule has 0 aliphatic carbocycles. The van der Waals surface area contributed by atoms with Crippen LogP contribution in [0.25, 0.3) is 11.3 Å². The lowest BCUT2D eigenvalue weighted by atomic mass is 10.1. The Morgan fingerprint density at radius 3 is 2.50 bits per heavy atom. The first-order chi connectivity index (χ1) is 12.7. The minimum atomic E-state index is -0.0834. The van der Waals surface area contributed by atoms with E-state index in [-0.39, 0.29) is 5.96 Å². The van der Waals surface area contributed by atoms with Gasteiger partial charge in [0.05, 0.1) is 18.9 Å². The fraction of sp³-hybridized carbons (Fsp3) is 0.105. The number of nitrogens with zero attached hydrogens (tertiary/aromatic N) is 3. The van der Waals surface area contributed by atoms with Crippen molar-refractivity contribution >= 4 is 12.2 Å². The van der Waals surface area contributed by atoms with Gasteiger partial charge in [-0.2, -0.15) is 10.2 Å². The Labute approximate surface area is 151 Å². The lowest BCUT2D eigenvalue weighted by Gasteiger charge is -2.01. The highest BCUT2D eigenvalue weighted by molar-refractivity contribution is 5.88. The number of benzene rings is 2. The van der Waals surface area contributed by atoms with Crippen LogP contribution in [0.2, 0.25) is 0 Å². The summed E-state index contributed by atoms with van der Waals surface area (Å²) in [7, 11) is 1.64. The van der Waals surface area contributed by atoms with E-state index in [1.807, 2.05) is 53.3 Å². The summed E-state index contributed by atoms with van der Waals surface area (Å²) in [5.74, 6) is 0.716. The van der Waals surface area contributed by atoms with Gasteiger partial charge in [0, 0.05) is 11.1 Å². The quantitative estimate of drug-likeness (QED) is 0.272. The van der Waals surface area contributed by atoms with Crippen LogP contribution in [0.4, 0.5) is 0 Å². The van der Waals surface area contributed by atoms with Gasteiger partial charge in [-0.15, -0.1) is 9.78 Å². The van der Waals surface area contributed by atoms with Crippen molar-refractivity contribution in [1.29, 1.82) is 0 Å². The molecule has 5 N–H and O–H groups in total. The van der Waals surface area contributed by atoms with E-state index in [1.165, 1.54) is 5.56 Å². The summed E-state index contributed by atoms with van der Waals surface area (Å²) in [6.45, 7) is 0.708. The highest BCUT2D eigenvalue weighted by Gasteiger charge is 2.15. The maximum Gasteiger partial charge on any atom is 0.211 e. The monoisotopic (exact) mass is 349 g/mol. The van der Waals surface area contributed by atoms with Gasteiger partial charge in [0.25, 0.3) is 0 Å². The second-order valence-corrected chi connectivity index (χ2v) is 5.68. The summed E-state index contributed by atoms with van der Waals surface area (Å²) in [6, 6.07) is 18.0. The number of ether oxygens (including phenoxy) is 1. The first-order valence-corrected chi connectivity index (χ1v) is 8.08. The molecule has 0 fully saturated rings. The molecule has 0 amide bonds. The fourth-order valence-corrected chi connectivity index (χ4v) is 2.58. The normalized spacial score (nSPS) is 10.8. The van der Waals surface area contributed by atoms with Crippen molar-refractivity contribution in [2.45, 2.75) is 6.54 Å². The van der Waals surface area contributed by atoms with Crippen LogP contribution in [0.15, 0.2) is 71.0 Å². The summed E-state index contributed by atoms with van der Waals surface area (Å²) >= 11 is 0. The van der Waals surface area contributed by atoms with E-state index in [1.54, 1.807) is 13.3 Å². The van der Waals surface area contributed by atoms with Gasteiger partial charge in [-0.05, 0) is 24.3 Å². The molecule has 7 heteroatoms. The van der Waals surface area contributed by atoms with Crippen molar-refractivity contribution in [2.24, 2.45) is 21.7 Å². The number of aromatic amines is 1. The van der Waals surface area contributed by atoms with Crippen molar-refractivity contribution in [2.75, 3.05) is 7.11 Å². The molecule has 0 aliphatic rings. The Kier molecular flexibility index (Phi) is 5.28. The summed E-state index contributed by atoms with van der Waals surface area (Å²) in [4.78, 5) is 0. The Morgan fingerprint density at radius 1 is 1.12 bits per heavy atom. The Morgan fingerprint density at radius 2 is 1.85 bits per heavy atom. The molecule has 0 aliphatic heterocycles. The Bertz CT molecular complexity index is 909. The summed E-state index contributed by atoms with van der Waals surface area (Å²) in [5, 5.41) is 11.0. The van der Waals surface area contributed by atoms with Gasteiger partial charge in [-0.25, -0.2) is 0 Å². The van der Waals surface area contributed by atoms with Gasteiger partial charge in [0.2, 0.25) is 12.2 Å². The molecule has 0 saturated heterocycles. The van der Waals surface area contributed by atoms with Crippen molar-refractivity contribution in [1.82, 2.24) is 5.10 Å². The number of H-pyrrole nitrogens is 1. The van der Waals surface area contributed by atoms with Crippen LogP contribution in [0.3, 0.4) is 0 Å². The van der Waals surface area contributed by atoms with E-state index >= 15 is 0 Å². The first kappa shape index (κ1) is 17.2. The molecule has 7 nitrogen and oxygen atoms in total. The largest absolute Gasteiger partial charge is 0.497 e. The standard InChI is InChI=1S/C19H20N6O/c1-26-17-9-7-15(8-10-17)18-16(11-22-23-19(20)21)13-25(24-18)12-14-5-3-2-4-6-14/h2-11,13H,12H2,1H3,(H4,20,21,23)/p+1/b22-11+. The lowest BCUT2D eigenvalue weighted by Crippen LogP contribution is -2.35. The van der Waals surface area contributed by atoms with Gasteiger partial charge < -0.3 is 16.2 Å². The number of aromatic nitrogens is 2. The Hall–Kier alpha value is -3.61. The summed E-state index contributed by atoms with van der Waals surface area (Å²) < 4.78 is 7.22. The van der Waals surface area contributed by atoms with Gasteiger partial charge >= 0.3 is 0 Å². The second kappa shape index (κ2) is 7.98. The average Bonchev–Trinajstić information content (AvgIpc) is 3.05. The SMILES string of the molecule is COc1ccc(-c2[nH][n+](Cc3ccccc3)cc2/C=N/N=C(N)N)cc1. The second-order valence-electron chi connectivity index (χ2n) is 5.68. The molecule has 0 atom stereocenters. The number of methoxy groups -OCH3 is 1. The van der Waals surface area contributed by atoms with Gasteiger partial charge in [0.15, 0.2) is 6.54 Å². The number of hydrogen-bond donors (Lipinski definition) is 3. The molecule has 3 aromatic rings. The zero-order chi connectivity index (χ0) is 18.4. The van der Waals surface area contributed by atoms with E-state index in [0.29, 0.717) is 6.54 Å². The van der Waals surface area contributed by atoms with Gasteiger partial charge in [0.1, 0.15) is 11.4 Å². The van der Waals surface area contributed by atoms with Crippen molar-refractivity contribution in [3.8, 4) is 17.0 Å². The van der Waals surface area contributed by atoms with E-state index in [0.717, 1.165) is 22.6 Å². The molecule has 132 valence electrons. The predicted molar refractivity (Wildman–Crippen MR) is 102 cm³/mol. The van der Waals surface area contributed by atoms with E-state index in [2.05, 4.69) is 27.4 Å². The lowest BCUT2D eigenvalue weighted by molar-refractivity contribution is -0.741. The molecular weight excluding hydrogens is 328 g/mol. The highest BCUT2D eigenvalue weighted by Crippen LogP contribution is 2.22. The van der Waals surface area contributed by atoms with Gasteiger partial charge in [-0.3, -0.25) is 0 Å². The predicted octanol–water partition coefficient (Wildman–Crippen LogP) is 1.63. The molecule has 2 aromatic carbocycles. The minimum Gasteiger partial charge on any atom is -0.497 e. The van der Waals surface area contributed by atoms with E-state index < -0.39 is 0 Å². The van der Waals surface area contributed by atoms with Crippen LogP contribution in [0.5, 0.6) is 5.75 Å². The van der Waals surface area contributed by atoms with Crippen LogP contribution in [-0.2, 0) is 6.54 Å². The van der Waals surface area contributed by atoms with Crippen LogP contribution >= 0.6 is 0 Å². The average molecular weight is 349 g/mol. The molecule has 26 heavy (non-hydrogen) atoms. The third-order valence-electron chi connectivity index (χ3n) is 3.78. The molecule has 0 radical (unpaired) electrons. The molecule has 0 spiro atoms. The number of guanidine groups is 1. The number of nitrogens with two attached hydrogens (primary N) is 2. The maximum absolute atomic E-state index is 5.33. The zero-order valence-electron chi connectivity index (χ0n) is 14.5. The van der Waals surface area contributed by atoms with Crippen LogP contribution < -0.4 is 20.9 Å². The van der Waals surface area contributed by atoms with Crippen molar-refractivity contribution < 1.29 is 9.42 Å². The summed E-state index contributed by atoms with van der Waals surface area (Å²) in [5.41, 5.74) is 14.6. The maximum atomic E-state index is 5.33. The molecule has 0 bridgehead atoms. The Balaban J connectivity index is 1.96. The first-order valence-electron chi connectivity index (χ1n) is 8.08.